The van der Waals surface area contributed by atoms with E-state index in [1.54, 1.807) is 10.7 Å². The van der Waals surface area contributed by atoms with Gasteiger partial charge in [-0.05, 0) is 38.8 Å². The van der Waals surface area contributed by atoms with Crippen LogP contribution in [0.15, 0.2) is 12.3 Å². The van der Waals surface area contributed by atoms with Crippen molar-refractivity contribution in [1.82, 2.24) is 19.9 Å². The quantitative estimate of drug-likeness (QED) is 0.720. The number of nitrogen functional groups attached to an aromatic ring is 1. The summed E-state index contributed by atoms with van der Waals surface area (Å²) in [4.78, 5) is 4.85. The lowest BCUT2D eigenvalue weighted by Gasteiger charge is -2.34. The van der Waals surface area contributed by atoms with Gasteiger partial charge in [-0.15, -0.1) is 0 Å². The van der Waals surface area contributed by atoms with Gasteiger partial charge in [0, 0.05) is 17.0 Å². The van der Waals surface area contributed by atoms with Crippen molar-refractivity contribution in [2.75, 3.05) is 18.8 Å². The standard InChI is InChI=1S/C13H17N5/c14-12-9-1-3-13(4-7-15-8-5-13)11(9)17-10-2-6-16-18(10)12/h2,6,15H,1,3-5,7-8,14H2. The van der Waals surface area contributed by atoms with Gasteiger partial charge in [-0.3, -0.25) is 0 Å². The van der Waals surface area contributed by atoms with E-state index in [-0.39, 0.29) is 5.41 Å². The van der Waals surface area contributed by atoms with Crippen LogP contribution in [0.25, 0.3) is 5.65 Å². The minimum atomic E-state index is 0.265. The van der Waals surface area contributed by atoms with Gasteiger partial charge in [0.05, 0.1) is 11.9 Å². The van der Waals surface area contributed by atoms with Crippen molar-refractivity contribution >= 4 is 11.5 Å². The molecule has 0 unspecified atom stereocenters. The number of fused-ring (bicyclic) bond motifs is 3. The van der Waals surface area contributed by atoms with Gasteiger partial charge < -0.3 is 11.1 Å². The molecule has 1 aliphatic heterocycles. The molecule has 3 N–H and O–H groups in total. The number of aromatic nitrogens is 3. The fourth-order valence-corrected chi connectivity index (χ4v) is 3.56. The van der Waals surface area contributed by atoms with E-state index in [2.05, 4.69) is 10.4 Å². The molecule has 2 aromatic heterocycles. The van der Waals surface area contributed by atoms with E-state index in [0.717, 1.165) is 31.0 Å². The van der Waals surface area contributed by atoms with Crippen LogP contribution in [0.2, 0.25) is 0 Å². The summed E-state index contributed by atoms with van der Waals surface area (Å²) < 4.78 is 1.76. The number of piperidine rings is 1. The Labute approximate surface area is 105 Å². The van der Waals surface area contributed by atoms with Crippen LogP contribution in [0.5, 0.6) is 0 Å². The van der Waals surface area contributed by atoms with Crippen molar-refractivity contribution in [3.05, 3.63) is 23.5 Å². The fourth-order valence-electron chi connectivity index (χ4n) is 3.56. The Bertz CT molecular complexity index is 609. The van der Waals surface area contributed by atoms with E-state index in [1.807, 2.05) is 6.07 Å². The maximum atomic E-state index is 6.25. The zero-order valence-electron chi connectivity index (χ0n) is 10.3. The first-order chi connectivity index (χ1) is 8.80. The molecule has 3 heterocycles. The lowest BCUT2D eigenvalue weighted by Crippen LogP contribution is -2.39. The Morgan fingerprint density at radius 3 is 2.94 bits per heavy atom. The van der Waals surface area contributed by atoms with Crippen LogP contribution in [0.1, 0.15) is 30.5 Å². The molecular formula is C13H17N5. The summed E-state index contributed by atoms with van der Waals surface area (Å²) in [5.41, 5.74) is 9.87. The smallest absolute Gasteiger partial charge is 0.157 e. The lowest BCUT2D eigenvalue weighted by molar-refractivity contribution is 0.301. The first kappa shape index (κ1) is 10.3. The van der Waals surface area contributed by atoms with Crippen LogP contribution in [0.3, 0.4) is 0 Å². The number of anilines is 1. The number of hydrogen-bond donors (Lipinski definition) is 2. The molecular weight excluding hydrogens is 226 g/mol. The van der Waals surface area contributed by atoms with Crippen molar-refractivity contribution in [3.8, 4) is 0 Å². The molecule has 2 aliphatic rings. The molecule has 2 aromatic rings. The number of nitrogens with zero attached hydrogens (tertiary/aromatic N) is 3. The highest BCUT2D eigenvalue weighted by atomic mass is 15.3. The van der Waals surface area contributed by atoms with Crippen LogP contribution in [0, 0.1) is 0 Å². The molecule has 18 heavy (non-hydrogen) atoms. The molecule has 0 amide bonds. The highest BCUT2D eigenvalue weighted by Crippen LogP contribution is 2.45. The molecule has 1 spiro atoms. The van der Waals surface area contributed by atoms with Gasteiger partial charge in [-0.1, -0.05) is 0 Å². The van der Waals surface area contributed by atoms with E-state index >= 15 is 0 Å². The summed E-state index contributed by atoms with van der Waals surface area (Å²) >= 11 is 0. The minimum absolute atomic E-state index is 0.265. The molecule has 1 saturated heterocycles. The largest absolute Gasteiger partial charge is 0.383 e. The van der Waals surface area contributed by atoms with E-state index < -0.39 is 0 Å². The van der Waals surface area contributed by atoms with Crippen molar-refractivity contribution in [3.63, 3.8) is 0 Å². The molecule has 0 radical (unpaired) electrons. The molecule has 5 nitrogen and oxygen atoms in total. The normalized spacial score (nSPS) is 21.6. The Hall–Kier alpha value is -1.62. The Morgan fingerprint density at radius 2 is 2.11 bits per heavy atom. The second kappa shape index (κ2) is 3.45. The predicted molar refractivity (Wildman–Crippen MR) is 69.5 cm³/mol. The molecule has 1 fully saturated rings. The Morgan fingerprint density at radius 1 is 1.28 bits per heavy atom. The van der Waals surface area contributed by atoms with Gasteiger partial charge in [0.2, 0.25) is 0 Å². The number of rotatable bonds is 0. The summed E-state index contributed by atoms with van der Waals surface area (Å²) in [6.07, 6.45) is 6.36. The summed E-state index contributed by atoms with van der Waals surface area (Å²) in [5, 5.41) is 7.68. The summed E-state index contributed by atoms with van der Waals surface area (Å²) in [7, 11) is 0. The molecule has 1 aliphatic carbocycles. The molecule has 0 bridgehead atoms. The van der Waals surface area contributed by atoms with E-state index in [1.165, 1.54) is 30.5 Å². The third-order valence-corrected chi connectivity index (χ3v) is 4.59. The van der Waals surface area contributed by atoms with Crippen molar-refractivity contribution in [1.29, 1.82) is 0 Å². The summed E-state index contributed by atoms with van der Waals surface area (Å²) in [6, 6.07) is 1.93. The van der Waals surface area contributed by atoms with Crippen LogP contribution < -0.4 is 11.1 Å². The highest BCUT2D eigenvalue weighted by molar-refractivity contribution is 5.56. The molecule has 0 atom stereocenters. The third kappa shape index (κ3) is 1.20. The maximum absolute atomic E-state index is 6.25. The predicted octanol–water partition coefficient (Wildman–Crippen LogP) is 0.879. The van der Waals surface area contributed by atoms with Crippen LogP contribution >= 0.6 is 0 Å². The molecule has 5 heteroatoms. The van der Waals surface area contributed by atoms with Gasteiger partial charge in [-0.2, -0.15) is 9.61 Å². The van der Waals surface area contributed by atoms with Gasteiger partial charge >= 0.3 is 0 Å². The second-order valence-electron chi connectivity index (χ2n) is 5.46. The Balaban J connectivity index is 1.95. The number of nitrogens with two attached hydrogens (primary N) is 1. The van der Waals surface area contributed by atoms with Crippen molar-refractivity contribution < 1.29 is 0 Å². The lowest BCUT2D eigenvalue weighted by atomic mass is 9.77. The number of nitrogens with one attached hydrogen (secondary N) is 1. The molecule has 94 valence electrons. The Kier molecular flexibility index (Phi) is 1.97. The van der Waals surface area contributed by atoms with Crippen LogP contribution in [-0.2, 0) is 11.8 Å². The molecule has 0 aromatic carbocycles. The molecule has 0 saturated carbocycles. The maximum Gasteiger partial charge on any atom is 0.157 e. The van der Waals surface area contributed by atoms with Crippen LogP contribution in [0.4, 0.5) is 5.82 Å². The van der Waals surface area contributed by atoms with Gasteiger partial charge in [-0.25, -0.2) is 4.98 Å². The SMILES string of the molecule is Nc1c2c(nc3ccnn13)C1(CCNCC1)CC2. The van der Waals surface area contributed by atoms with Crippen molar-refractivity contribution in [2.45, 2.75) is 31.1 Å². The van der Waals surface area contributed by atoms with Gasteiger partial charge in [0.15, 0.2) is 5.65 Å². The summed E-state index contributed by atoms with van der Waals surface area (Å²) in [5.74, 6) is 0.787. The van der Waals surface area contributed by atoms with E-state index in [0.29, 0.717) is 0 Å². The average Bonchev–Trinajstić information content (AvgIpc) is 2.98. The third-order valence-electron chi connectivity index (χ3n) is 4.59. The second-order valence-corrected chi connectivity index (χ2v) is 5.46. The topological polar surface area (TPSA) is 68.2 Å². The number of hydrogen-bond acceptors (Lipinski definition) is 4. The first-order valence-electron chi connectivity index (χ1n) is 6.63. The minimum Gasteiger partial charge on any atom is -0.383 e. The summed E-state index contributed by atoms with van der Waals surface area (Å²) in [6.45, 7) is 2.18. The fraction of sp³-hybridized carbons (Fsp3) is 0.538. The molecule has 4 rings (SSSR count). The zero-order chi connectivity index (χ0) is 12.2. The van der Waals surface area contributed by atoms with E-state index in [4.69, 9.17) is 10.7 Å². The highest BCUT2D eigenvalue weighted by Gasteiger charge is 2.42. The van der Waals surface area contributed by atoms with Crippen molar-refractivity contribution in [2.24, 2.45) is 0 Å². The van der Waals surface area contributed by atoms with Gasteiger partial charge in [0.25, 0.3) is 0 Å². The monoisotopic (exact) mass is 243 g/mol. The average molecular weight is 243 g/mol. The first-order valence-corrected chi connectivity index (χ1v) is 6.63. The van der Waals surface area contributed by atoms with E-state index in [9.17, 15) is 0 Å². The van der Waals surface area contributed by atoms with Crippen LogP contribution in [-0.4, -0.2) is 27.7 Å². The van der Waals surface area contributed by atoms with Gasteiger partial charge in [0.1, 0.15) is 5.82 Å². The zero-order valence-corrected chi connectivity index (χ0v) is 10.3.